The molecule has 0 bridgehead atoms. The highest BCUT2D eigenvalue weighted by Crippen LogP contribution is 2.15. The first-order chi connectivity index (χ1) is 6.86. The number of rotatable bonds is 3. The molecule has 0 spiro atoms. The van der Waals surface area contributed by atoms with E-state index in [1.807, 2.05) is 6.07 Å². The quantitative estimate of drug-likeness (QED) is 0.738. The largest absolute Gasteiger partial charge is 0.472 e. The first-order valence-corrected chi connectivity index (χ1v) is 5.01. The van der Waals surface area contributed by atoms with Gasteiger partial charge in [0.15, 0.2) is 5.78 Å². The Morgan fingerprint density at radius 2 is 2.43 bits per heavy atom. The first-order valence-electron chi connectivity index (χ1n) is 5.01. The summed E-state index contributed by atoms with van der Waals surface area (Å²) in [7, 11) is 0. The molecule has 0 aliphatic carbocycles. The Morgan fingerprint density at radius 1 is 1.50 bits per heavy atom. The Bertz CT molecular complexity index is 283. The van der Waals surface area contributed by atoms with E-state index in [1.165, 1.54) is 0 Å². The summed E-state index contributed by atoms with van der Waals surface area (Å²) in [5.41, 5.74) is 0.934. The number of Topliss-reactive ketones (excluding diaryl/α,β-unsaturated/α-hetero) is 1. The van der Waals surface area contributed by atoms with Crippen molar-refractivity contribution in [3.8, 4) is 0 Å². The van der Waals surface area contributed by atoms with Crippen LogP contribution in [0.3, 0.4) is 0 Å². The van der Waals surface area contributed by atoms with Crippen LogP contribution in [0.2, 0.25) is 0 Å². The number of ether oxygens (including phenoxy) is 1. The van der Waals surface area contributed by atoms with Crippen LogP contribution in [0.25, 0.3) is 0 Å². The highest BCUT2D eigenvalue weighted by Gasteiger charge is 2.21. The minimum atomic E-state index is -0.182. The highest BCUT2D eigenvalue weighted by molar-refractivity contribution is 5.85. The van der Waals surface area contributed by atoms with E-state index < -0.39 is 0 Å². The molecule has 2 rings (SSSR count). The predicted octanol–water partition coefficient (Wildman–Crippen LogP) is 1.96. The molecule has 3 nitrogen and oxygen atoms in total. The van der Waals surface area contributed by atoms with Gasteiger partial charge in [-0.25, -0.2) is 0 Å². The van der Waals surface area contributed by atoms with Crippen molar-refractivity contribution in [3.63, 3.8) is 0 Å². The van der Waals surface area contributed by atoms with Gasteiger partial charge in [0.05, 0.1) is 12.5 Å². The fraction of sp³-hybridized carbons (Fsp3) is 0.545. The van der Waals surface area contributed by atoms with Crippen molar-refractivity contribution in [2.24, 2.45) is 0 Å². The molecule has 0 N–H and O–H groups in total. The van der Waals surface area contributed by atoms with Crippen LogP contribution in [0.15, 0.2) is 23.0 Å². The Morgan fingerprint density at radius 3 is 3.07 bits per heavy atom. The van der Waals surface area contributed by atoms with Crippen molar-refractivity contribution in [3.05, 3.63) is 24.2 Å². The molecule has 76 valence electrons. The minimum Gasteiger partial charge on any atom is -0.472 e. The predicted molar refractivity (Wildman–Crippen MR) is 51.0 cm³/mol. The number of furan rings is 1. The number of carbonyl (C=O) groups excluding carboxylic acids is 1. The van der Waals surface area contributed by atoms with E-state index in [9.17, 15) is 4.79 Å². The Hall–Kier alpha value is -1.09. The number of ketones is 1. The van der Waals surface area contributed by atoms with Crippen LogP contribution in [0, 0.1) is 0 Å². The zero-order valence-corrected chi connectivity index (χ0v) is 8.07. The molecule has 1 aromatic rings. The number of carbonyl (C=O) groups is 1. The molecule has 1 aliphatic heterocycles. The van der Waals surface area contributed by atoms with E-state index in [4.69, 9.17) is 9.15 Å². The van der Waals surface area contributed by atoms with E-state index in [-0.39, 0.29) is 11.9 Å². The fourth-order valence-corrected chi connectivity index (χ4v) is 1.70. The standard InChI is InChI=1S/C11H14O3/c12-10(7-9-4-6-13-8-9)11-3-1-2-5-14-11/h4,6,8,11H,1-3,5,7H2. The van der Waals surface area contributed by atoms with E-state index in [0.29, 0.717) is 6.42 Å². The van der Waals surface area contributed by atoms with E-state index in [2.05, 4.69) is 0 Å². The zero-order valence-electron chi connectivity index (χ0n) is 8.07. The molecule has 0 saturated carbocycles. The molecule has 3 heteroatoms. The lowest BCUT2D eigenvalue weighted by atomic mass is 10.0. The Balaban J connectivity index is 1.88. The summed E-state index contributed by atoms with van der Waals surface area (Å²) in [6, 6.07) is 1.82. The summed E-state index contributed by atoms with van der Waals surface area (Å²) in [4.78, 5) is 11.7. The maximum atomic E-state index is 11.7. The van der Waals surface area contributed by atoms with Gasteiger partial charge in [-0.2, -0.15) is 0 Å². The molecule has 14 heavy (non-hydrogen) atoms. The number of hydrogen-bond donors (Lipinski definition) is 0. The SMILES string of the molecule is O=C(Cc1ccoc1)C1CCCCO1. The smallest absolute Gasteiger partial charge is 0.166 e. The molecule has 2 heterocycles. The fourth-order valence-electron chi connectivity index (χ4n) is 1.70. The monoisotopic (exact) mass is 194 g/mol. The van der Waals surface area contributed by atoms with Gasteiger partial charge in [-0.05, 0) is 30.9 Å². The van der Waals surface area contributed by atoms with Gasteiger partial charge in [-0.1, -0.05) is 0 Å². The molecule has 0 aromatic carbocycles. The molecule has 1 atom stereocenters. The third-order valence-corrected chi connectivity index (χ3v) is 2.50. The van der Waals surface area contributed by atoms with Crippen LogP contribution < -0.4 is 0 Å². The lowest BCUT2D eigenvalue weighted by Gasteiger charge is -2.20. The molecule has 1 fully saturated rings. The summed E-state index contributed by atoms with van der Waals surface area (Å²) in [6.07, 6.45) is 6.50. The van der Waals surface area contributed by atoms with Crippen molar-refractivity contribution in [2.45, 2.75) is 31.8 Å². The molecule has 1 saturated heterocycles. The maximum Gasteiger partial charge on any atom is 0.166 e. The van der Waals surface area contributed by atoms with Gasteiger partial charge in [0.2, 0.25) is 0 Å². The van der Waals surface area contributed by atoms with Crippen LogP contribution in [0.5, 0.6) is 0 Å². The van der Waals surface area contributed by atoms with Crippen molar-refractivity contribution < 1.29 is 13.9 Å². The highest BCUT2D eigenvalue weighted by atomic mass is 16.5. The van der Waals surface area contributed by atoms with Gasteiger partial charge in [0, 0.05) is 13.0 Å². The molecule has 1 aliphatic rings. The third kappa shape index (κ3) is 2.23. The van der Waals surface area contributed by atoms with Crippen molar-refractivity contribution in [1.29, 1.82) is 0 Å². The van der Waals surface area contributed by atoms with E-state index >= 15 is 0 Å². The summed E-state index contributed by atoms with van der Waals surface area (Å²) in [5.74, 6) is 0.172. The zero-order chi connectivity index (χ0) is 9.80. The van der Waals surface area contributed by atoms with Gasteiger partial charge in [0.1, 0.15) is 6.10 Å². The van der Waals surface area contributed by atoms with Gasteiger partial charge < -0.3 is 9.15 Å². The lowest BCUT2D eigenvalue weighted by molar-refractivity contribution is -0.132. The summed E-state index contributed by atoms with van der Waals surface area (Å²) >= 11 is 0. The normalized spacial score (nSPS) is 22.1. The molecule has 1 aromatic heterocycles. The van der Waals surface area contributed by atoms with E-state index in [1.54, 1.807) is 12.5 Å². The molecular formula is C11H14O3. The average Bonchev–Trinajstić information content (AvgIpc) is 2.72. The summed E-state index contributed by atoms with van der Waals surface area (Å²) in [5, 5.41) is 0. The van der Waals surface area contributed by atoms with Crippen LogP contribution in [0.4, 0.5) is 0 Å². The van der Waals surface area contributed by atoms with Gasteiger partial charge in [-0.3, -0.25) is 4.79 Å². The summed E-state index contributed by atoms with van der Waals surface area (Å²) in [6.45, 7) is 0.724. The molecule has 0 radical (unpaired) electrons. The molecule has 1 unspecified atom stereocenters. The second kappa shape index (κ2) is 4.42. The average molecular weight is 194 g/mol. The third-order valence-electron chi connectivity index (χ3n) is 2.50. The van der Waals surface area contributed by atoms with Crippen molar-refractivity contribution in [1.82, 2.24) is 0 Å². The van der Waals surface area contributed by atoms with Gasteiger partial charge >= 0.3 is 0 Å². The molecule has 0 amide bonds. The minimum absolute atomic E-state index is 0.172. The topological polar surface area (TPSA) is 39.4 Å². The van der Waals surface area contributed by atoms with Gasteiger partial charge in [0.25, 0.3) is 0 Å². The second-order valence-corrected chi connectivity index (χ2v) is 3.63. The Kier molecular flexibility index (Phi) is 2.99. The van der Waals surface area contributed by atoms with Gasteiger partial charge in [-0.15, -0.1) is 0 Å². The number of hydrogen-bond acceptors (Lipinski definition) is 3. The maximum absolute atomic E-state index is 11.7. The molecular weight excluding hydrogens is 180 g/mol. The Labute approximate surface area is 83.0 Å². The lowest BCUT2D eigenvalue weighted by Crippen LogP contribution is -2.29. The summed E-state index contributed by atoms with van der Waals surface area (Å²) < 4.78 is 10.3. The van der Waals surface area contributed by atoms with Crippen LogP contribution in [0.1, 0.15) is 24.8 Å². The second-order valence-electron chi connectivity index (χ2n) is 3.63. The van der Waals surface area contributed by atoms with E-state index in [0.717, 1.165) is 31.4 Å². The van der Waals surface area contributed by atoms with Crippen molar-refractivity contribution >= 4 is 5.78 Å². The van der Waals surface area contributed by atoms with Crippen LogP contribution in [-0.4, -0.2) is 18.5 Å². The van der Waals surface area contributed by atoms with Crippen LogP contribution >= 0.6 is 0 Å². The van der Waals surface area contributed by atoms with Crippen molar-refractivity contribution in [2.75, 3.05) is 6.61 Å². The van der Waals surface area contributed by atoms with Crippen LogP contribution in [-0.2, 0) is 16.0 Å². The first kappa shape index (κ1) is 9.46.